The molecule has 0 aliphatic carbocycles. The molecule has 1 aliphatic heterocycles. The Labute approximate surface area is 158 Å². The molecular weight excluding hydrogens is 352 g/mol. The van der Waals surface area contributed by atoms with Crippen LogP contribution in [0, 0.1) is 0 Å². The molecule has 2 rings (SSSR count). The van der Waals surface area contributed by atoms with E-state index in [4.69, 9.17) is 9.47 Å². The molecule has 0 atom stereocenters. The van der Waals surface area contributed by atoms with Crippen molar-refractivity contribution in [3.63, 3.8) is 0 Å². The van der Waals surface area contributed by atoms with E-state index in [1.165, 1.54) is 12.1 Å². The Bertz CT molecular complexity index is 675. The number of carbonyl (C=O) groups is 4. The number of fused-ring (bicyclic) bond motifs is 1. The highest BCUT2D eigenvalue weighted by molar-refractivity contribution is 6.17. The minimum Gasteiger partial charge on any atom is -0.462 e. The van der Waals surface area contributed by atoms with Gasteiger partial charge in [-0.15, -0.1) is 0 Å². The molecule has 0 spiro atoms. The van der Waals surface area contributed by atoms with Gasteiger partial charge in [0.25, 0.3) is 0 Å². The van der Waals surface area contributed by atoms with E-state index in [1.54, 1.807) is 0 Å². The largest absolute Gasteiger partial charge is 0.462 e. The van der Waals surface area contributed by atoms with Crippen molar-refractivity contribution in [3.05, 3.63) is 34.4 Å². The molecule has 1 aliphatic rings. The monoisotopic (exact) mass is 376 g/mol. The Morgan fingerprint density at radius 2 is 1.19 bits per heavy atom. The molecule has 0 saturated heterocycles. The molecule has 27 heavy (non-hydrogen) atoms. The second-order valence-electron chi connectivity index (χ2n) is 6.31. The van der Waals surface area contributed by atoms with Crippen molar-refractivity contribution in [2.24, 2.45) is 0 Å². The van der Waals surface area contributed by atoms with Crippen LogP contribution in [0.4, 0.5) is 0 Å². The maximum absolute atomic E-state index is 12.4. The van der Waals surface area contributed by atoms with Gasteiger partial charge in [0.1, 0.15) is 0 Å². The number of hydrogen-bond donors (Lipinski definition) is 0. The van der Waals surface area contributed by atoms with E-state index >= 15 is 0 Å². The minimum absolute atomic E-state index is 0.0527. The highest BCUT2D eigenvalue weighted by Crippen LogP contribution is 2.26. The lowest BCUT2D eigenvalue weighted by Gasteiger charge is -2.11. The number of unbranched alkanes of at least 4 members (excludes halogenated alkanes) is 4. The molecule has 7 heteroatoms. The fourth-order valence-electron chi connectivity index (χ4n) is 2.66. The van der Waals surface area contributed by atoms with Crippen molar-refractivity contribution in [3.8, 4) is 0 Å². The van der Waals surface area contributed by atoms with Crippen LogP contribution in [0.15, 0.2) is 12.1 Å². The third kappa shape index (κ3) is 5.15. The first-order valence-corrected chi connectivity index (χ1v) is 9.28. The number of esters is 4. The van der Waals surface area contributed by atoms with E-state index in [2.05, 4.69) is 4.74 Å². The summed E-state index contributed by atoms with van der Waals surface area (Å²) >= 11 is 0. The first-order valence-electron chi connectivity index (χ1n) is 9.28. The summed E-state index contributed by atoms with van der Waals surface area (Å²) < 4.78 is 14.9. The topological polar surface area (TPSA) is 96.0 Å². The van der Waals surface area contributed by atoms with Gasteiger partial charge in [0.2, 0.25) is 0 Å². The van der Waals surface area contributed by atoms with Crippen LogP contribution in [-0.4, -0.2) is 37.1 Å². The molecule has 0 radical (unpaired) electrons. The number of benzene rings is 1. The Morgan fingerprint density at radius 1 is 0.778 bits per heavy atom. The fraction of sp³-hybridized carbons (Fsp3) is 0.500. The Balaban J connectivity index is 2.25. The van der Waals surface area contributed by atoms with Gasteiger partial charge in [-0.3, -0.25) is 0 Å². The van der Waals surface area contributed by atoms with Crippen LogP contribution in [0.1, 0.15) is 93.8 Å². The zero-order chi connectivity index (χ0) is 19.8. The van der Waals surface area contributed by atoms with Gasteiger partial charge in [-0.2, -0.15) is 0 Å². The van der Waals surface area contributed by atoms with E-state index in [0.29, 0.717) is 12.8 Å². The zero-order valence-electron chi connectivity index (χ0n) is 15.7. The van der Waals surface area contributed by atoms with Gasteiger partial charge in [0.05, 0.1) is 35.5 Å². The van der Waals surface area contributed by atoms with Gasteiger partial charge in [-0.1, -0.05) is 39.5 Å². The summed E-state index contributed by atoms with van der Waals surface area (Å²) in [6, 6.07) is 2.35. The van der Waals surface area contributed by atoms with Crippen LogP contribution < -0.4 is 0 Å². The third-order valence-corrected chi connectivity index (χ3v) is 4.18. The van der Waals surface area contributed by atoms with Crippen LogP contribution in [-0.2, 0) is 14.2 Å². The first kappa shape index (κ1) is 20.6. The molecular formula is C20H24O7. The van der Waals surface area contributed by atoms with Crippen LogP contribution in [0.2, 0.25) is 0 Å². The second kappa shape index (κ2) is 9.85. The van der Waals surface area contributed by atoms with Gasteiger partial charge in [-0.05, 0) is 25.0 Å². The van der Waals surface area contributed by atoms with E-state index in [9.17, 15) is 19.2 Å². The lowest BCUT2D eigenvalue weighted by molar-refractivity contribution is 0.0442. The van der Waals surface area contributed by atoms with Crippen molar-refractivity contribution < 1.29 is 33.4 Å². The maximum Gasteiger partial charge on any atom is 0.346 e. The second-order valence-corrected chi connectivity index (χ2v) is 6.31. The molecule has 1 aromatic rings. The summed E-state index contributed by atoms with van der Waals surface area (Å²) in [5.41, 5.74) is -0.305. The van der Waals surface area contributed by atoms with Crippen LogP contribution in [0.5, 0.6) is 0 Å². The summed E-state index contributed by atoms with van der Waals surface area (Å²) in [6.45, 7) is 4.46. The van der Waals surface area contributed by atoms with Crippen molar-refractivity contribution in [2.75, 3.05) is 13.2 Å². The molecule has 0 unspecified atom stereocenters. The minimum atomic E-state index is -0.849. The van der Waals surface area contributed by atoms with E-state index in [-0.39, 0.29) is 35.5 Å². The zero-order valence-corrected chi connectivity index (χ0v) is 15.7. The number of ether oxygens (including phenoxy) is 3. The van der Waals surface area contributed by atoms with Crippen LogP contribution >= 0.6 is 0 Å². The summed E-state index contributed by atoms with van der Waals surface area (Å²) in [4.78, 5) is 48.4. The summed E-state index contributed by atoms with van der Waals surface area (Å²) in [6.07, 6.45) is 5.16. The van der Waals surface area contributed by atoms with Crippen molar-refractivity contribution in [1.29, 1.82) is 0 Å². The molecule has 0 N–H and O–H groups in total. The molecule has 0 saturated carbocycles. The van der Waals surface area contributed by atoms with Crippen molar-refractivity contribution >= 4 is 23.9 Å². The Hall–Kier alpha value is -2.70. The Kier molecular flexibility index (Phi) is 7.52. The van der Waals surface area contributed by atoms with Gasteiger partial charge >= 0.3 is 23.9 Å². The van der Waals surface area contributed by atoms with Crippen molar-refractivity contribution in [2.45, 2.75) is 52.4 Å². The maximum atomic E-state index is 12.4. The standard InChI is InChI=1S/C20H24O7/c1-3-5-7-9-25-17(21)13-11-15-16(20(24)27-19(15)23)12-14(13)18(22)26-10-8-6-4-2/h11-12H,3-10H2,1-2H3. The van der Waals surface area contributed by atoms with Crippen molar-refractivity contribution in [1.82, 2.24) is 0 Å². The van der Waals surface area contributed by atoms with E-state index < -0.39 is 23.9 Å². The highest BCUT2D eigenvalue weighted by Gasteiger charge is 2.34. The first-order chi connectivity index (χ1) is 13.0. The third-order valence-electron chi connectivity index (χ3n) is 4.18. The molecule has 0 amide bonds. The highest BCUT2D eigenvalue weighted by atomic mass is 16.6. The summed E-state index contributed by atoms with van der Waals surface area (Å²) in [5.74, 6) is -3.17. The molecule has 146 valence electrons. The smallest absolute Gasteiger partial charge is 0.346 e. The van der Waals surface area contributed by atoms with Gasteiger partial charge in [-0.25, -0.2) is 19.2 Å². The van der Waals surface area contributed by atoms with Gasteiger partial charge in [0, 0.05) is 0 Å². The molecule has 1 heterocycles. The molecule has 0 aromatic heterocycles. The van der Waals surface area contributed by atoms with Gasteiger partial charge in [0.15, 0.2) is 0 Å². The lowest BCUT2D eigenvalue weighted by atomic mass is 9.99. The normalized spacial score (nSPS) is 12.5. The van der Waals surface area contributed by atoms with E-state index in [0.717, 1.165) is 25.7 Å². The average molecular weight is 376 g/mol. The number of carbonyl (C=O) groups excluding carboxylic acids is 4. The summed E-state index contributed by atoms with van der Waals surface area (Å²) in [5, 5.41) is 0. The lowest BCUT2D eigenvalue weighted by Crippen LogP contribution is -2.16. The van der Waals surface area contributed by atoms with Crippen LogP contribution in [0.25, 0.3) is 0 Å². The summed E-state index contributed by atoms with van der Waals surface area (Å²) in [7, 11) is 0. The molecule has 0 fully saturated rings. The number of rotatable bonds is 10. The SMILES string of the molecule is CCCCCOC(=O)c1cc2c(cc1C(=O)OCCCCC)C(=O)OC2=O. The van der Waals surface area contributed by atoms with Gasteiger partial charge < -0.3 is 14.2 Å². The quantitative estimate of drug-likeness (QED) is 0.266. The number of hydrogen-bond acceptors (Lipinski definition) is 7. The predicted molar refractivity (Wildman–Crippen MR) is 95.8 cm³/mol. The molecule has 7 nitrogen and oxygen atoms in total. The molecule has 0 bridgehead atoms. The average Bonchev–Trinajstić information content (AvgIpc) is 2.94. The Morgan fingerprint density at radius 3 is 1.56 bits per heavy atom. The van der Waals surface area contributed by atoms with E-state index in [1.807, 2.05) is 13.8 Å². The van der Waals surface area contributed by atoms with Crippen LogP contribution in [0.3, 0.4) is 0 Å². The fourth-order valence-corrected chi connectivity index (χ4v) is 2.66. The predicted octanol–water partition coefficient (Wildman–Crippen LogP) is 3.69. The molecule has 1 aromatic carbocycles. The number of cyclic esters (lactones) is 2.